The number of rotatable bonds is 32. The van der Waals surface area contributed by atoms with Gasteiger partial charge in [0, 0.05) is 47.2 Å². The van der Waals surface area contributed by atoms with Crippen molar-refractivity contribution in [1.82, 2.24) is 42.5 Å². The Morgan fingerprint density at radius 2 is 0.941 bits per heavy atom. The van der Waals surface area contributed by atoms with Gasteiger partial charge in [0.2, 0.25) is 47.3 Å². The van der Waals surface area contributed by atoms with Gasteiger partial charge in [-0.05, 0) is 12.9 Å². The summed E-state index contributed by atoms with van der Waals surface area (Å²) in [7, 11) is 5.42. The summed E-state index contributed by atoms with van der Waals surface area (Å²) >= 11 is 0. The molecule has 0 aliphatic carbocycles. The highest BCUT2D eigenvalue weighted by atomic mass is 16.2. The van der Waals surface area contributed by atoms with Crippen molar-refractivity contribution >= 4 is 55.1 Å². The lowest BCUT2D eigenvalue weighted by Crippen LogP contribution is -2.64. The van der Waals surface area contributed by atoms with E-state index < -0.39 is 128 Å². The smallest absolute Gasteiger partial charge is 0.245 e. The summed E-state index contributed by atoms with van der Waals surface area (Å²) in [4.78, 5) is 104. The molecule has 0 spiro atoms. The number of nitrogens with two attached hydrogens (primary N) is 8. The molecule has 24 nitrogen and oxygen atoms in total. The molecule has 2 radical (unpaired) electrons. The SMILES string of the molecule is [2H]CCC(N[2H])C(=O)NCC(NC(=O)C(CN[2H])N[2H])C(=O)NC(CNC(=O)C(CNC(=O)C(CN[2H])N[2H])NC(=O)C(CN[2H])N[2H])C(=O)N[C@H](CNC[B])C(N)=O. The molecule has 0 aromatic carbocycles. The van der Waals surface area contributed by atoms with E-state index in [2.05, 4.69) is 42.5 Å². The Morgan fingerprint density at radius 3 is 1.35 bits per heavy atom. The van der Waals surface area contributed by atoms with E-state index in [1.807, 2.05) is 40.1 Å². The van der Waals surface area contributed by atoms with E-state index in [1.165, 1.54) is 0 Å². The summed E-state index contributed by atoms with van der Waals surface area (Å²) in [6.45, 7) is -3.96. The molecule has 8 atom stereocenters. The predicted molar refractivity (Wildman–Crippen MR) is 184 cm³/mol. The van der Waals surface area contributed by atoms with Gasteiger partial charge in [0.1, 0.15) is 34.1 Å². The zero-order valence-electron chi connectivity index (χ0n) is 35.6. The maximum absolute atomic E-state index is 13.8. The number of carbonyl (C=O) groups excluding carboxylic acids is 8. The summed E-state index contributed by atoms with van der Waals surface area (Å²) in [5, 5.41) is 18.6. The third-order valence-corrected chi connectivity index (χ3v) is 6.66. The maximum atomic E-state index is 13.8. The zero-order chi connectivity index (χ0) is 44.9. The molecule has 0 fully saturated rings. The van der Waals surface area contributed by atoms with Crippen molar-refractivity contribution in [2.24, 2.45) is 45.8 Å². The van der Waals surface area contributed by atoms with Crippen LogP contribution in [0, 0.1) is 0 Å². The second-order valence-corrected chi connectivity index (χ2v) is 10.7. The van der Waals surface area contributed by atoms with Crippen LogP contribution < -0.4 is 88.4 Å². The van der Waals surface area contributed by atoms with Crippen LogP contribution in [0.15, 0.2) is 0 Å². The average molecular weight is 737 g/mol. The highest BCUT2D eigenvalue weighted by Crippen LogP contribution is 1.96. The molecule has 0 bridgehead atoms. The Morgan fingerprint density at radius 1 is 0.549 bits per heavy atom. The molecule has 0 saturated carbocycles. The second kappa shape index (κ2) is 24.6. The third-order valence-electron chi connectivity index (χ3n) is 6.66. The van der Waals surface area contributed by atoms with Crippen LogP contribution in [0.5, 0.6) is 0 Å². The van der Waals surface area contributed by atoms with Crippen LogP contribution in [0.1, 0.15) is 14.7 Å². The quantitative estimate of drug-likeness (QED) is 0.0285. The standard InChI is InChI=1S/C26H53BN16O8/c1-2-11(31)20(45)37-8-17(42-23(48)14(34)5-30)26(51)43-18(25(50)40-15(19(35)44)6-36-10-27)9-39-24(49)16(41-22(47)13(33)4-29)7-38-21(46)12(32)3-28/h11-18,36H,2-10,28-34H2,1H3,(H2,35,44)(H,37,45)(H,38,46)(H,39,49)(H,40,50)(H,41,47)(H,42,48)(H,43,51)/t11?,12?,13?,14?,15-,16?,17?,18?/m1/s1/i1D/hD7. The van der Waals surface area contributed by atoms with Gasteiger partial charge in [0.25, 0.3) is 0 Å². The lowest BCUT2D eigenvalue weighted by atomic mass is 10.1. The van der Waals surface area contributed by atoms with E-state index >= 15 is 0 Å². The number of hydrogen-bond donors (Lipinski definition) is 16. The van der Waals surface area contributed by atoms with Crippen LogP contribution >= 0.6 is 0 Å². The normalized spacial score (nSPS) is 17.6. The van der Waals surface area contributed by atoms with Gasteiger partial charge in [-0.25, -0.2) is 0 Å². The topological polar surface area (TPSA) is 441 Å². The van der Waals surface area contributed by atoms with Gasteiger partial charge >= 0.3 is 0 Å². The lowest BCUT2D eigenvalue weighted by molar-refractivity contribution is -0.134. The first-order valence-electron chi connectivity index (χ1n) is 19.5. The van der Waals surface area contributed by atoms with Gasteiger partial charge in [-0.3, -0.25) is 38.4 Å². The summed E-state index contributed by atoms with van der Waals surface area (Å²) in [5.41, 5.74) is 18.8. The van der Waals surface area contributed by atoms with E-state index in [0.29, 0.717) is 0 Å². The Labute approximate surface area is 307 Å². The van der Waals surface area contributed by atoms with Crippen molar-refractivity contribution in [3.05, 3.63) is 0 Å². The van der Waals surface area contributed by atoms with E-state index in [1.54, 1.807) is 0 Å². The van der Waals surface area contributed by atoms with Gasteiger partial charge in [0.05, 0.1) is 32.0 Å². The third kappa shape index (κ3) is 17.3. The number of amides is 8. The van der Waals surface area contributed by atoms with Crippen molar-refractivity contribution in [1.29, 1.82) is 0 Å². The largest absolute Gasteiger partial charge is 0.368 e. The molecule has 24 N–H and O–H groups in total. The fourth-order valence-electron chi connectivity index (χ4n) is 3.55. The van der Waals surface area contributed by atoms with E-state index in [9.17, 15) is 38.4 Å². The fourth-order valence-corrected chi connectivity index (χ4v) is 3.55. The molecule has 25 heteroatoms. The minimum Gasteiger partial charge on any atom is -0.368 e. The van der Waals surface area contributed by atoms with Crippen molar-refractivity contribution in [2.45, 2.75) is 61.7 Å². The first-order chi connectivity index (χ1) is 28.1. The minimum atomic E-state index is -1.85. The molecule has 0 heterocycles. The molecular formula is C26H53BN16O8. The fraction of sp³-hybridized carbons (Fsp3) is 0.692. The van der Waals surface area contributed by atoms with Crippen LogP contribution in [-0.2, 0) is 38.4 Å². The lowest BCUT2D eigenvalue weighted by Gasteiger charge is -2.27. The van der Waals surface area contributed by atoms with E-state index in [4.69, 9.17) is 24.8 Å². The van der Waals surface area contributed by atoms with Crippen LogP contribution in [-0.4, -0.2) is 156 Å². The van der Waals surface area contributed by atoms with Crippen LogP contribution in [0.3, 0.4) is 0 Å². The molecule has 7 unspecified atom stereocenters. The van der Waals surface area contributed by atoms with Crippen LogP contribution in [0.25, 0.3) is 0 Å². The number of hydrogen-bond acceptors (Lipinski definition) is 16. The monoisotopic (exact) mass is 736 g/mol. The predicted octanol–water partition coefficient (Wildman–Crippen LogP) is -11.9. The number of carbonyl (C=O) groups is 8. The molecule has 0 rings (SSSR count). The van der Waals surface area contributed by atoms with Gasteiger partial charge in [0.15, 0.2) is 0 Å². The molecule has 0 aromatic heterocycles. The van der Waals surface area contributed by atoms with Gasteiger partial charge in [-0.2, -0.15) is 0 Å². The van der Waals surface area contributed by atoms with Gasteiger partial charge in [-0.15, -0.1) is 0 Å². The Hall–Kier alpha value is -4.50. The van der Waals surface area contributed by atoms with Crippen LogP contribution in [0.2, 0.25) is 9.88 Å². The van der Waals surface area contributed by atoms with Crippen molar-refractivity contribution in [3.8, 4) is 0 Å². The summed E-state index contributed by atoms with van der Waals surface area (Å²) in [6.07, 6.45) is -0.265. The molecule has 0 aliphatic heterocycles. The van der Waals surface area contributed by atoms with Gasteiger partial charge in [-0.1, -0.05) is 6.90 Å². The summed E-state index contributed by atoms with van der Waals surface area (Å²) < 4.78 is 58.2. The molecule has 8 amide bonds. The average Bonchev–Trinajstić information content (AvgIpc) is 3.21. The summed E-state index contributed by atoms with van der Waals surface area (Å²) in [5.74, 6) is -8.33. The Kier molecular flexibility index (Phi) is 16.2. The minimum absolute atomic E-state index is 0.114. The van der Waals surface area contributed by atoms with Crippen LogP contribution in [0.4, 0.5) is 0 Å². The number of primary amides is 1. The molecular weight excluding hydrogens is 675 g/mol. The first-order valence-corrected chi connectivity index (χ1v) is 15.3. The number of nitrogens with one attached hydrogen (secondary N) is 8. The summed E-state index contributed by atoms with van der Waals surface area (Å²) in [6, 6.07) is -12.1. The van der Waals surface area contributed by atoms with E-state index in [-0.39, 0.29) is 32.9 Å². The van der Waals surface area contributed by atoms with E-state index in [0.717, 1.165) is 0 Å². The maximum Gasteiger partial charge on any atom is 0.245 e. The zero-order valence-corrected chi connectivity index (χ0v) is 27.6. The molecule has 288 valence electrons. The molecule has 0 saturated heterocycles. The highest BCUT2D eigenvalue weighted by Gasteiger charge is 2.32. The van der Waals surface area contributed by atoms with Crippen molar-refractivity contribution in [3.63, 3.8) is 0 Å². The molecule has 0 aromatic rings. The highest BCUT2D eigenvalue weighted by molar-refractivity contribution is 6.08. The van der Waals surface area contributed by atoms with Crippen molar-refractivity contribution in [2.75, 3.05) is 52.3 Å². The van der Waals surface area contributed by atoms with Crippen molar-refractivity contribution < 1.29 is 49.6 Å². The molecule has 51 heavy (non-hydrogen) atoms. The first kappa shape index (κ1) is 33.6. The Bertz CT molecular complexity index is 1360. The second-order valence-electron chi connectivity index (χ2n) is 10.7. The van der Waals surface area contributed by atoms with Gasteiger partial charge < -0.3 is 88.4 Å². The Balaban J connectivity index is 6.76. The molecule has 0 aliphatic rings.